The molecule has 0 saturated heterocycles. The number of halogens is 2. The van der Waals surface area contributed by atoms with Crippen molar-refractivity contribution in [3.05, 3.63) is 71.1 Å². The third-order valence-electron chi connectivity index (χ3n) is 5.01. The van der Waals surface area contributed by atoms with Crippen LogP contribution in [-0.4, -0.2) is 43.4 Å². The van der Waals surface area contributed by atoms with Crippen LogP contribution in [0, 0.1) is 11.6 Å². The quantitative estimate of drug-likeness (QED) is 0.707. The van der Waals surface area contributed by atoms with Gasteiger partial charge in [-0.2, -0.15) is 0 Å². The number of fused-ring (bicyclic) bond motifs is 1. The molecule has 0 spiro atoms. The molecule has 2 aromatic carbocycles. The Morgan fingerprint density at radius 3 is 2.59 bits per heavy atom. The minimum absolute atomic E-state index is 0.0175. The number of rotatable bonds is 5. The second kappa shape index (κ2) is 7.46. The lowest BCUT2D eigenvalue weighted by Crippen LogP contribution is -2.35. The number of hydrogen-bond donors (Lipinski definition) is 1. The molecule has 8 nitrogen and oxygen atoms in total. The van der Waals surface area contributed by atoms with E-state index in [1.54, 1.807) is 24.3 Å². The van der Waals surface area contributed by atoms with Crippen LogP contribution in [0.2, 0.25) is 0 Å². The number of carboxylic acid groups (broad SMARTS) is 1. The third-order valence-corrected chi connectivity index (χ3v) is 5.01. The minimum Gasteiger partial charge on any atom is -0.497 e. The number of aromatic nitrogens is 4. The smallest absolute Gasteiger partial charge is 0.408 e. The molecule has 0 fully saturated rings. The van der Waals surface area contributed by atoms with E-state index in [0.717, 1.165) is 22.6 Å². The first-order valence-electron chi connectivity index (χ1n) is 8.82. The van der Waals surface area contributed by atoms with E-state index in [2.05, 4.69) is 15.5 Å². The molecule has 1 aliphatic heterocycles. The molecule has 1 N–H and O–H groups in total. The van der Waals surface area contributed by atoms with Crippen LogP contribution < -0.4 is 4.74 Å². The van der Waals surface area contributed by atoms with Gasteiger partial charge in [-0.05, 0) is 16.0 Å². The Kier molecular flexibility index (Phi) is 4.83. The van der Waals surface area contributed by atoms with Gasteiger partial charge >= 0.3 is 6.09 Å². The number of hydrogen-bond acceptors (Lipinski definition) is 5. The summed E-state index contributed by atoms with van der Waals surface area (Å²) in [4.78, 5) is 13.2. The van der Waals surface area contributed by atoms with Gasteiger partial charge < -0.3 is 9.84 Å². The predicted octanol–water partition coefficient (Wildman–Crippen LogP) is 2.98. The fourth-order valence-electron chi connectivity index (χ4n) is 3.72. The summed E-state index contributed by atoms with van der Waals surface area (Å²) in [6, 6.07) is 10.1. The molecule has 2 heterocycles. The highest BCUT2D eigenvalue weighted by atomic mass is 19.1. The van der Waals surface area contributed by atoms with Gasteiger partial charge in [-0.15, -0.1) is 5.10 Å². The summed E-state index contributed by atoms with van der Waals surface area (Å²) in [5.41, 5.74) is 0.498. The summed E-state index contributed by atoms with van der Waals surface area (Å²) in [5, 5.41) is 21.2. The average Bonchev–Trinajstić information content (AvgIpc) is 3.27. The average molecular weight is 401 g/mol. The van der Waals surface area contributed by atoms with Crippen LogP contribution in [0.5, 0.6) is 5.75 Å². The molecule has 29 heavy (non-hydrogen) atoms. The highest BCUT2D eigenvalue weighted by Gasteiger charge is 2.45. The zero-order valence-electron chi connectivity index (χ0n) is 15.4. The molecule has 1 aromatic heterocycles. The monoisotopic (exact) mass is 401 g/mol. The standard InChI is InChI=1S/C19H17F2N5O3/c1-29-12-7-14(20)16(15(21)8-12)13-10-26-18(22-23-24-26)17(13)25(19(27)28)9-11-5-3-2-4-6-11/h2-8,13,17H,9-10H2,1H3,(H,27,28). The van der Waals surface area contributed by atoms with E-state index in [-0.39, 0.29) is 30.2 Å². The van der Waals surface area contributed by atoms with Gasteiger partial charge in [0.1, 0.15) is 23.4 Å². The van der Waals surface area contributed by atoms with E-state index in [1.807, 2.05) is 6.07 Å². The van der Waals surface area contributed by atoms with Gasteiger partial charge in [-0.1, -0.05) is 30.3 Å². The fourth-order valence-corrected chi connectivity index (χ4v) is 3.72. The number of benzene rings is 2. The summed E-state index contributed by atoms with van der Waals surface area (Å²) in [5.74, 6) is -2.22. The third kappa shape index (κ3) is 3.37. The van der Waals surface area contributed by atoms with Gasteiger partial charge in [0.25, 0.3) is 0 Å². The van der Waals surface area contributed by atoms with E-state index < -0.39 is 29.7 Å². The normalized spacial score (nSPS) is 17.8. The molecule has 150 valence electrons. The van der Waals surface area contributed by atoms with Gasteiger partial charge in [-0.25, -0.2) is 18.3 Å². The molecule has 10 heteroatoms. The zero-order valence-corrected chi connectivity index (χ0v) is 15.4. The number of carbonyl (C=O) groups is 1. The maximum absolute atomic E-state index is 14.8. The van der Waals surface area contributed by atoms with Crippen molar-refractivity contribution in [2.45, 2.75) is 25.0 Å². The molecule has 2 unspecified atom stereocenters. The van der Waals surface area contributed by atoms with E-state index in [0.29, 0.717) is 0 Å². The maximum atomic E-state index is 14.8. The van der Waals surface area contributed by atoms with E-state index >= 15 is 0 Å². The highest BCUT2D eigenvalue weighted by Crippen LogP contribution is 2.44. The van der Waals surface area contributed by atoms with Crippen molar-refractivity contribution in [3.8, 4) is 5.75 Å². The van der Waals surface area contributed by atoms with Crippen LogP contribution in [0.15, 0.2) is 42.5 Å². The van der Waals surface area contributed by atoms with E-state index in [4.69, 9.17) is 4.74 Å². The lowest BCUT2D eigenvalue weighted by atomic mass is 9.91. The zero-order chi connectivity index (χ0) is 20.5. The minimum atomic E-state index is -1.24. The maximum Gasteiger partial charge on any atom is 0.408 e. The Hall–Kier alpha value is -3.56. The topological polar surface area (TPSA) is 93.4 Å². The Morgan fingerprint density at radius 1 is 1.28 bits per heavy atom. The summed E-state index contributed by atoms with van der Waals surface area (Å²) in [6.07, 6.45) is -1.24. The van der Waals surface area contributed by atoms with Crippen LogP contribution >= 0.6 is 0 Å². The van der Waals surface area contributed by atoms with Gasteiger partial charge in [0.15, 0.2) is 5.82 Å². The van der Waals surface area contributed by atoms with Crippen LogP contribution in [0.25, 0.3) is 0 Å². The van der Waals surface area contributed by atoms with Crippen LogP contribution in [0.3, 0.4) is 0 Å². The first kappa shape index (κ1) is 18.8. The fraction of sp³-hybridized carbons (Fsp3) is 0.263. The lowest BCUT2D eigenvalue weighted by molar-refractivity contribution is 0.112. The van der Waals surface area contributed by atoms with Crippen molar-refractivity contribution in [2.75, 3.05) is 7.11 Å². The van der Waals surface area contributed by atoms with Crippen LogP contribution in [-0.2, 0) is 13.1 Å². The highest BCUT2D eigenvalue weighted by molar-refractivity contribution is 5.66. The number of tetrazole rings is 1. The van der Waals surface area contributed by atoms with E-state index in [1.165, 1.54) is 11.8 Å². The number of amides is 1. The first-order chi connectivity index (χ1) is 14.0. The number of ether oxygens (including phenoxy) is 1. The molecule has 3 aromatic rings. The molecule has 1 aliphatic rings. The van der Waals surface area contributed by atoms with Gasteiger partial charge in [0.05, 0.1) is 13.7 Å². The lowest BCUT2D eigenvalue weighted by Gasteiger charge is -2.30. The second-order valence-electron chi connectivity index (χ2n) is 6.67. The summed E-state index contributed by atoms with van der Waals surface area (Å²) in [7, 11) is 1.31. The molecule has 0 radical (unpaired) electrons. The number of nitrogens with zero attached hydrogens (tertiary/aromatic N) is 5. The molecule has 0 saturated carbocycles. The second-order valence-corrected chi connectivity index (χ2v) is 6.67. The summed E-state index contributed by atoms with van der Waals surface area (Å²) >= 11 is 0. The Balaban J connectivity index is 1.79. The van der Waals surface area contributed by atoms with Crippen molar-refractivity contribution in [1.29, 1.82) is 0 Å². The Bertz CT molecular complexity index is 1020. The summed E-state index contributed by atoms with van der Waals surface area (Å²) in [6.45, 7) is 0.0648. The molecule has 4 rings (SSSR count). The molecule has 1 amide bonds. The van der Waals surface area contributed by atoms with Gasteiger partial charge in [-0.3, -0.25) is 4.90 Å². The van der Waals surface area contributed by atoms with E-state index in [9.17, 15) is 18.7 Å². The largest absolute Gasteiger partial charge is 0.497 e. The van der Waals surface area contributed by atoms with Gasteiger partial charge in [0.2, 0.25) is 0 Å². The molecular formula is C19H17F2N5O3. The number of methoxy groups -OCH3 is 1. The SMILES string of the molecule is COc1cc(F)c(C2Cn3nnnc3C2N(Cc2ccccc2)C(=O)O)c(F)c1. The van der Waals surface area contributed by atoms with Crippen molar-refractivity contribution < 1.29 is 23.4 Å². The van der Waals surface area contributed by atoms with Gasteiger partial charge in [0, 0.05) is 30.2 Å². The Morgan fingerprint density at radius 2 is 1.97 bits per heavy atom. The van der Waals surface area contributed by atoms with Crippen molar-refractivity contribution >= 4 is 6.09 Å². The molecular weight excluding hydrogens is 384 g/mol. The molecule has 0 aliphatic carbocycles. The molecule has 2 atom stereocenters. The van der Waals surface area contributed by atoms with Crippen LogP contribution in [0.4, 0.5) is 13.6 Å². The Labute approximate surface area is 164 Å². The predicted molar refractivity (Wildman–Crippen MR) is 96.2 cm³/mol. The summed E-state index contributed by atoms with van der Waals surface area (Å²) < 4.78 is 35.9. The van der Waals surface area contributed by atoms with Crippen molar-refractivity contribution in [1.82, 2.24) is 25.1 Å². The van der Waals surface area contributed by atoms with Crippen molar-refractivity contribution in [2.24, 2.45) is 0 Å². The first-order valence-corrected chi connectivity index (χ1v) is 8.82. The van der Waals surface area contributed by atoms with Crippen LogP contribution in [0.1, 0.15) is 28.9 Å². The molecule has 0 bridgehead atoms. The van der Waals surface area contributed by atoms with Crippen molar-refractivity contribution in [3.63, 3.8) is 0 Å².